The molecule has 5 nitrogen and oxygen atoms in total. The number of nitrogens with zero attached hydrogens (tertiary/aromatic N) is 2. The molecule has 0 radical (unpaired) electrons. The quantitative estimate of drug-likeness (QED) is 0.849. The van der Waals surface area contributed by atoms with Crippen LogP contribution in [0.4, 0.5) is 0 Å². The first-order valence-electron chi connectivity index (χ1n) is 5.98. The minimum atomic E-state index is -0.619. The highest BCUT2D eigenvalue weighted by molar-refractivity contribution is 5.03. The molecule has 2 rings (SSSR count). The monoisotopic (exact) mass is 240 g/mol. The summed E-state index contributed by atoms with van der Waals surface area (Å²) in [5, 5.41) is 14.3. The molecule has 1 fully saturated rings. The van der Waals surface area contributed by atoms with Gasteiger partial charge in [-0.1, -0.05) is 5.16 Å². The van der Waals surface area contributed by atoms with Gasteiger partial charge in [-0.25, -0.2) is 0 Å². The molecular formula is C12H20N2O3. The van der Waals surface area contributed by atoms with Crippen LogP contribution in [-0.2, 0) is 11.3 Å². The average Bonchev–Trinajstić information content (AvgIpc) is 2.63. The Morgan fingerprint density at radius 3 is 2.76 bits per heavy atom. The Morgan fingerprint density at radius 1 is 1.47 bits per heavy atom. The van der Waals surface area contributed by atoms with Crippen molar-refractivity contribution in [3.8, 4) is 0 Å². The SMILES string of the molecule is Cc1cc(CN(C)CC2(O)CCOCC2)no1. The van der Waals surface area contributed by atoms with Gasteiger partial charge >= 0.3 is 0 Å². The Morgan fingerprint density at radius 2 is 2.18 bits per heavy atom. The smallest absolute Gasteiger partial charge is 0.133 e. The summed E-state index contributed by atoms with van der Waals surface area (Å²) < 4.78 is 10.3. The first-order chi connectivity index (χ1) is 8.07. The van der Waals surface area contributed by atoms with Gasteiger partial charge in [0.25, 0.3) is 0 Å². The summed E-state index contributed by atoms with van der Waals surface area (Å²) in [7, 11) is 1.98. The van der Waals surface area contributed by atoms with Gasteiger partial charge < -0.3 is 14.4 Å². The van der Waals surface area contributed by atoms with E-state index in [0.717, 1.165) is 11.5 Å². The minimum Gasteiger partial charge on any atom is -0.388 e. The Balaban J connectivity index is 1.85. The molecule has 0 saturated carbocycles. The van der Waals surface area contributed by atoms with Crippen LogP contribution in [0.25, 0.3) is 0 Å². The molecule has 5 heteroatoms. The van der Waals surface area contributed by atoms with Crippen molar-refractivity contribution < 1.29 is 14.4 Å². The van der Waals surface area contributed by atoms with Crippen molar-refractivity contribution in [1.82, 2.24) is 10.1 Å². The first kappa shape index (κ1) is 12.5. The Labute approximate surface area is 101 Å². The van der Waals surface area contributed by atoms with Crippen LogP contribution in [0.2, 0.25) is 0 Å². The van der Waals surface area contributed by atoms with Crippen molar-refractivity contribution in [3.05, 3.63) is 17.5 Å². The van der Waals surface area contributed by atoms with Gasteiger partial charge in [0.2, 0.25) is 0 Å². The third-order valence-electron chi connectivity index (χ3n) is 3.10. The molecule has 1 aliphatic rings. The van der Waals surface area contributed by atoms with Gasteiger partial charge in [0.1, 0.15) is 5.76 Å². The third kappa shape index (κ3) is 3.52. The van der Waals surface area contributed by atoms with Gasteiger partial charge in [0.05, 0.1) is 11.3 Å². The molecule has 1 aliphatic heterocycles. The van der Waals surface area contributed by atoms with Crippen LogP contribution in [0.3, 0.4) is 0 Å². The van der Waals surface area contributed by atoms with E-state index in [9.17, 15) is 5.11 Å². The molecule has 0 aromatic carbocycles. The van der Waals surface area contributed by atoms with Crippen molar-refractivity contribution in [1.29, 1.82) is 0 Å². The van der Waals surface area contributed by atoms with Crippen LogP contribution in [0, 0.1) is 6.92 Å². The highest BCUT2D eigenvalue weighted by atomic mass is 16.5. The lowest BCUT2D eigenvalue weighted by atomic mass is 9.94. The van der Waals surface area contributed by atoms with Crippen LogP contribution >= 0.6 is 0 Å². The minimum absolute atomic E-state index is 0.619. The summed E-state index contributed by atoms with van der Waals surface area (Å²) in [6.45, 7) is 4.51. The van der Waals surface area contributed by atoms with Gasteiger partial charge in [-0.15, -0.1) is 0 Å². The van der Waals surface area contributed by atoms with Gasteiger partial charge in [-0.3, -0.25) is 4.90 Å². The normalized spacial score (nSPS) is 19.8. The van der Waals surface area contributed by atoms with E-state index in [1.54, 1.807) is 0 Å². The standard InChI is InChI=1S/C12H20N2O3/c1-10-7-11(13-17-10)8-14(2)9-12(15)3-5-16-6-4-12/h7,15H,3-6,8-9H2,1-2H3. The number of rotatable bonds is 4. The van der Waals surface area contributed by atoms with Crippen LogP contribution < -0.4 is 0 Å². The number of aryl methyl sites for hydroxylation is 1. The molecule has 0 bridgehead atoms. The molecule has 2 heterocycles. The van der Waals surface area contributed by atoms with Crippen LogP contribution in [-0.4, -0.2) is 47.6 Å². The van der Waals surface area contributed by atoms with E-state index in [2.05, 4.69) is 10.1 Å². The highest BCUT2D eigenvalue weighted by Gasteiger charge is 2.31. The van der Waals surface area contributed by atoms with Crippen molar-refractivity contribution in [3.63, 3.8) is 0 Å². The van der Waals surface area contributed by atoms with Crippen molar-refractivity contribution >= 4 is 0 Å². The summed E-state index contributed by atoms with van der Waals surface area (Å²) in [6, 6.07) is 1.92. The first-order valence-corrected chi connectivity index (χ1v) is 5.98. The molecule has 1 aromatic heterocycles. The molecular weight excluding hydrogens is 220 g/mol. The highest BCUT2D eigenvalue weighted by Crippen LogP contribution is 2.21. The zero-order chi connectivity index (χ0) is 12.3. The maximum Gasteiger partial charge on any atom is 0.133 e. The molecule has 0 amide bonds. The van der Waals surface area contributed by atoms with E-state index in [-0.39, 0.29) is 0 Å². The van der Waals surface area contributed by atoms with E-state index in [1.807, 2.05) is 20.0 Å². The molecule has 96 valence electrons. The average molecular weight is 240 g/mol. The number of hydrogen-bond acceptors (Lipinski definition) is 5. The fraction of sp³-hybridized carbons (Fsp3) is 0.750. The Kier molecular flexibility index (Phi) is 3.81. The Bertz CT molecular complexity index is 358. The summed E-state index contributed by atoms with van der Waals surface area (Å²) >= 11 is 0. The maximum absolute atomic E-state index is 10.4. The van der Waals surface area contributed by atoms with E-state index in [0.29, 0.717) is 39.1 Å². The van der Waals surface area contributed by atoms with E-state index >= 15 is 0 Å². The Hall–Kier alpha value is -0.910. The maximum atomic E-state index is 10.4. The predicted molar refractivity (Wildman–Crippen MR) is 62.6 cm³/mol. The molecule has 0 spiro atoms. The summed E-state index contributed by atoms with van der Waals surface area (Å²) in [5.41, 5.74) is 0.284. The zero-order valence-corrected chi connectivity index (χ0v) is 10.5. The number of aromatic nitrogens is 1. The van der Waals surface area contributed by atoms with E-state index < -0.39 is 5.60 Å². The lowest BCUT2D eigenvalue weighted by Crippen LogP contribution is -2.45. The van der Waals surface area contributed by atoms with Crippen molar-refractivity contribution in [2.45, 2.75) is 31.9 Å². The second kappa shape index (κ2) is 5.16. The van der Waals surface area contributed by atoms with E-state index in [4.69, 9.17) is 9.26 Å². The fourth-order valence-corrected chi connectivity index (χ4v) is 2.24. The number of ether oxygens (including phenoxy) is 1. The predicted octanol–water partition coefficient (Wildman–Crippen LogP) is 0.956. The molecule has 1 saturated heterocycles. The topological polar surface area (TPSA) is 58.7 Å². The second-order valence-electron chi connectivity index (χ2n) is 4.94. The lowest BCUT2D eigenvalue weighted by molar-refractivity contribution is -0.0778. The van der Waals surface area contributed by atoms with Crippen LogP contribution in [0.15, 0.2) is 10.6 Å². The number of likely N-dealkylation sites (N-methyl/N-ethyl adjacent to an activating group) is 1. The molecule has 1 N–H and O–H groups in total. The van der Waals surface area contributed by atoms with Gasteiger partial charge in [0.15, 0.2) is 0 Å². The van der Waals surface area contributed by atoms with Gasteiger partial charge in [0, 0.05) is 45.2 Å². The largest absolute Gasteiger partial charge is 0.388 e. The molecule has 0 atom stereocenters. The molecule has 17 heavy (non-hydrogen) atoms. The summed E-state index contributed by atoms with van der Waals surface area (Å²) in [6.07, 6.45) is 1.41. The summed E-state index contributed by atoms with van der Waals surface area (Å²) in [5.74, 6) is 0.818. The zero-order valence-electron chi connectivity index (χ0n) is 10.5. The fourth-order valence-electron chi connectivity index (χ4n) is 2.24. The third-order valence-corrected chi connectivity index (χ3v) is 3.10. The molecule has 0 unspecified atom stereocenters. The van der Waals surface area contributed by atoms with E-state index in [1.165, 1.54) is 0 Å². The van der Waals surface area contributed by atoms with Gasteiger partial charge in [-0.2, -0.15) is 0 Å². The lowest BCUT2D eigenvalue weighted by Gasteiger charge is -2.35. The van der Waals surface area contributed by atoms with Crippen molar-refractivity contribution in [2.75, 3.05) is 26.8 Å². The second-order valence-corrected chi connectivity index (χ2v) is 4.94. The van der Waals surface area contributed by atoms with Crippen LogP contribution in [0.1, 0.15) is 24.3 Å². The molecule has 0 aliphatic carbocycles. The number of aliphatic hydroxyl groups is 1. The number of hydrogen-bond donors (Lipinski definition) is 1. The van der Waals surface area contributed by atoms with Crippen LogP contribution in [0.5, 0.6) is 0 Å². The summed E-state index contributed by atoms with van der Waals surface area (Å²) in [4.78, 5) is 2.07. The molecule has 1 aromatic rings. The van der Waals surface area contributed by atoms with Gasteiger partial charge in [-0.05, 0) is 14.0 Å². The van der Waals surface area contributed by atoms with Crippen molar-refractivity contribution in [2.24, 2.45) is 0 Å².